The van der Waals surface area contributed by atoms with Gasteiger partial charge in [0.15, 0.2) is 6.10 Å². The lowest BCUT2D eigenvalue weighted by Crippen LogP contribution is -2.24. The predicted octanol–water partition coefficient (Wildman–Crippen LogP) is 3.90. The van der Waals surface area contributed by atoms with Crippen LogP contribution in [0.4, 0.5) is 18.9 Å². The maximum Gasteiger partial charge on any atom is 0.416 e. The third-order valence-corrected chi connectivity index (χ3v) is 3.41. The Hall–Kier alpha value is -3.03. The van der Waals surface area contributed by atoms with Crippen molar-refractivity contribution in [1.29, 1.82) is 0 Å². The summed E-state index contributed by atoms with van der Waals surface area (Å²) in [6, 6.07) is 10.2. The maximum absolute atomic E-state index is 12.7. The van der Waals surface area contributed by atoms with E-state index in [0.717, 1.165) is 12.1 Å². The smallest absolute Gasteiger partial charge is 0.416 e. The number of ether oxygens (including phenoxy) is 2. The maximum atomic E-state index is 12.7. The molecule has 1 amide bonds. The van der Waals surface area contributed by atoms with Crippen molar-refractivity contribution < 1.29 is 32.2 Å². The molecule has 1 atom stereocenters. The molecular weight excluding hydrogens is 351 g/mol. The third kappa shape index (κ3) is 4.98. The molecule has 26 heavy (non-hydrogen) atoms. The van der Waals surface area contributed by atoms with Crippen molar-refractivity contribution in [2.45, 2.75) is 19.2 Å². The Morgan fingerprint density at radius 3 is 2.31 bits per heavy atom. The van der Waals surface area contributed by atoms with E-state index >= 15 is 0 Å². The standard InChI is InChI=1S/C18H16F3NO4/c1-11(17(24)25-2)26-15-8-6-12(7-9-15)16(23)22-14-5-3-4-13(10-14)18(19,20)21/h3-11H,1-2H3,(H,22,23). The van der Waals surface area contributed by atoms with E-state index in [2.05, 4.69) is 10.1 Å². The average Bonchev–Trinajstić information content (AvgIpc) is 2.61. The normalized spacial score (nSPS) is 12.2. The van der Waals surface area contributed by atoms with Crippen molar-refractivity contribution in [3.05, 3.63) is 59.7 Å². The third-order valence-electron chi connectivity index (χ3n) is 3.41. The molecule has 1 N–H and O–H groups in total. The van der Waals surface area contributed by atoms with Gasteiger partial charge in [-0.2, -0.15) is 13.2 Å². The van der Waals surface area contributed by atoms with E-state index in [9.17, 15) is 22.8 Å². The van der Waals surface area contributed by atoms with Crippen molar-refractivity contribution in [1.82, 2.24) is 0 Å². The van der Waals surface area contributed by atoms with Gasteiger partial charge in [-0.25, -0.2) is 4.79 Å². The van der Waals surface area contributed by atoms with Crippen LogP contribution in [0.2, 0.25) is 0 Å². The van der Waals surface area contributed by atoms with Crippen molar-refractivity contribution >= 4 is 17.6 Å². The molecule has 8 heteroatoms. The lowest BCUT2D eigenvalue weighted by Gasteiger charge is -2.13. The second-order valence-corrected chi connectivity index (χ2v) is 5.34. The summed E-state index contributed by atoms with van der Waals surface area (Å²) < 4.78 is 48.0. The molecule has 1 unspecified atom stereocenters. The number of methoxy groups -OCH3 is 1. The minimum atomic E-state index is -4.49. The number of halogens is 3. The zero-order chi connectivity index (χ0) is 19.3. The minimum Gasteiger partial charge on any atom is -0.479 e. The van der Waals surface area contributed by atoms with E-state index < -0.39 is 29.7 Å². The fraction of sp³-hybridized carbons (Fsp3) is 0.222. The van der Waals surface area contributed by atoms with Gasteiger partial charge in [0.2, 0.25) is 0 Å². The Bertz CT molecular complexity index is 788. The minimum absolute atomic E-state index is 0.0319. The van der Waals surface area contributed by atoms with Gasteiger partial charge < -0.3 is 14.8 Å². The molecule has 2 rings (SSSR count). The van der Waals surface area contributed by atoms with Gasteiger partial charge in [0.05, 0.1) is 12.7 Å². The number of anilines is 1. The van der Waals surface area contributed by atoms with Crippen molar-refractivity contribution in [2.75, 3.05) is 12.4 Å². The van der Waals surface area contributed by atoms with Crippen LogP contribution in [0.5, 0.6) is 5.75 Å². The van der Waals surface area contributed by atoms with Crippen LogP contribution in [0.25, 0.3) is 0 Å². The number of amides is 1. The van der Waals surface area contributed by atoms with Gasteiger partial charge in [-0.05, 0) is 49.4 Å². The Morgan fingerprint density at radius 1 is 1.08 bits per heavy atom. The van der Waals surface area contributed by atoms with E-state index in [0.29, 0.717) is 5.75 Å². The van der Waals surface area contributed by atoms with E-state index in [4.69, 9.17) is 4.74 Å². The molecule has 0 aliphatic rings. The molecule has 0 bridgehead atoms. The first-order chi connectivity index (χ1) is 12.2. The van der Waals surface area contributed by atoms with E-state index in [1.807, 2.05) is 0 Å². The largest absolute Gasteiger partial charge is 0.479 e. The number of esters is 1. The average molecular weight is 367 g/mol. The molecule has 2 aromatic rings. The summed E-state index contributed by atoms with van der Waals surface area (Å²) in [5, 5.41) is 2.40. The number of hydrogen-bond donors (Lipinski definition) is 1. The molecule has 138 valence electrons. The Morgan fingerprint density at radius 2 is 1.73 bits per heavy atom. The van der Waals surface area contributed by atoms with Crippen LogP contribution in [0, 0.1) is 0 Å². The fourth-order valence-corrected chi connectivity index (χ4v) is 2.08. The van der Waals surface area contributed by atoms with Crippen LogP contribution in [0.1, 0.15) is 22.8 Å². The van der Waals surface area contributed by atoms with Gasteiger partial charge in [-0.15, -0.1) is 0 Å². The van der Waals surface area contributed by atoms with Gasteiger partial charge in [0, 0.05) is 11.3 Å². The Balaban J connectivity index is 2.05. The van der Waals surface area contributed by atoms with E-state index in [1.54, 1.807) is 0 Å². The summed E-state index contributed by atoms with van der Waals surface area (Å²) in [4.78, 5) is 23.5. The summed E-state index contributed by atoms with van der Waals surface area (Å²) >= 11 is 0. The Kier molecular flexibility index (Phi) is 5.86. The van der Waals surface area contributed by atoms with Gasteiger partial charge in [0.1, 0.15) is 5.75 Å². The van der Waals surface area contributed by atoms with Crippen LogP contribution >= 0.6 is 0 Å². The first-order valence-corrected chi connectivity index (χ1v) is 7.54. The number of hydrogen-bond acceptors (Lipinski definition) is 4. The highest BCUT2D eigenvalue weighted by atomic mass is 19.4. The fourth-order valence-electron chi connectivity index (χ4n) is 2.08. The SMILES string of the molecule is COC(=O)C(C)Oc1ccc(C(=O)Nc2cccc(C(F)(F)F)c2)cc1. The predicted molar refractivity (Wildman–Crippen MR) is 87.9 cm³/mol. The lowest BCUT2D eigenvalue weighted by molar-refractivity contribution is -0.148. The van der Waals surface area contributed by atoms with Crippen molar-refractivity contribution in [3.8, 4) is 5.75 Å². The number of carbonyl (C=O) groups is 2. The number of carbonyl (C=O) groups excluding carboxylic acids is 2. The second kappa shape index (κ2) is 7.90. The highest BCUT2D eigenvalue weighted by Crippen LogP contribution is 2.30. The van der Waals surface area contributed by atoms with Gasteiger partial charge in [-0.3, -0.25) is 4.79 Å². The molecule has 0 fully saturated rings. The van der Waals surface area contributed by atoms with Crippen LogP contribution in [0.15, 0.2) is 48.5 Å². The number of alkyl halides is 3. The van der Waals surface area contributed by atoms with Crippen LogP contribution < -0.4 is 10.1 Å². The van der Waals surface area contributed by atoms with Crippen molar-refractivity contribution in [2.24, 2.45) is 0 Å². The first-order valence-electron chi connectivity index (χ1n) is 7.54. The molecule has 0 radical (unpaired) electrons. The molecule has 0 aromatic heterocycles. The highest BCUT2D eigenvalue weighted by molar-refractivity contribution is 6.04. The van der Waals surface area contributed by atoms with E-state index in [1.165, 1.54) is 50.4 Å². The molecule has 0 saturated carbocycles. The lowest BCUT2D eigenvalue weighted by atomic mass is 10.1. The summed E-state index contributed by atoms with van der Waals surface area (Å²) in [5.74, 6) is -0.772. The Labute approximate surface area is 147 Å². The molecule has 0 aliphatic carbocycles. The van der Waals surface area contributed by atoms with Crippen molar-refractivity contribution in [3.63, 3.8) is 0 Å². The van der Waals surface area contributed by atoms with Gasteiger partial charge >= 0.3 is 12.1 Å². The number of nitrogens with one attached hydrogen (secondary N) is 1. The van der Waals surface area contributed by atoms with Crippen LogP contribution in [0.3, 0.4) is 0 Å². The molecule has 0 saturated heterocycles. The summed E-state index contributed by atoms with van der Waals surface area (Å²) in [5.41, 5.74) is -0.596. The van der Waals surface area contributed by atoms with Crippen LogP contribution in [-0.4, -0.2) is 25.1 Å². The zero-order valence-electron chi connectivity index (χ0n) is 14.0. The monoisotopic (exact) mass is 367 g/mol. The van der Waals surface area contributed by atoms with Gasteiger partial charge in [-0.1, -0.05) is 6.07 Å². The van der Waals surface area contributed by atoms with Crippen LogP contribution in [-0.2, 0) is 15.7 Å². The number of rotatable bonds is 5. The number of benzene rings is 2. The zero-order valence-corrected chi connectivity index (χ0v) is 14.0. The first kappa shape index (κ1) is 19.3. The summed E-state index contributed by atoms with van der Waals surface area (Å²) in [7, 11) is 1.24. The second-order valence-electron chi connectivity index (χ2n) is 5.34. The molecular formula is C18H16F3NO4. The van der Waals surface area contributed by atoms with Gasteiger partial charge in [0.25, 0.3) is 5.91 Å². The molecule has 0 heterocycles. The quantitative estimate of drug-likeness (QED) is 0.814. The van der Waals surface area contributed by atoms with E-state index in [-0.39, 0.29) is 11.3 Å². The molecule has 5 nitrogen and oxygen atoms in total. The summed E-state index contributed by atoms with van der Waals surface area (Å²) in [6.07, 6.45) is -5.31. The summed E-state index contributed by atoms with van der Waals surface area (Å²) in [6.45, 7) is 1.51. The topological polar surface area (TPSA) is 64.6 Å². The molecule has 2 aromatic carbocycles. The molecule has 0 spiro atoms. The molecule has 0 aliphatic heterocycles. The highest BCUT2D eigenvalue weighted by Gasteiger charge is 2.30.